The number of methoxy groups -OCH3 is 1. The van der Waals surface area contributed by atoms with Crippen molar-refractivity contribution in [2.75, 3.05) is 19.1 Å². The van der Waals surface area contributed by atoms with Crippen molar-refractivity contribution in [1.82, 2.24) is 4.90 Å². The average molecular weight is 459 g/mol. The monoisotopic (exact) mass is 459 g/mol. The summed E-state index contributed by atoms with van der Waals surface area (Å²) in [5.41, 5.74) is 2.37. The minimum Gasteiger partial charge on any atom is -0.358 e. The van der Waals surface area contributed by atoms with Crippen LogP contribution in [0.25, 0.3) is 0 Å². The van der Waals surface area contributed by atoms with Crippen LogP contribution in [0.1, 0.15) is 48.5 Å². The molecule has 1 aliphatic heterocycles. The van der Waals surface area contributed by atoms with Crippen LogP contribution >= 0.6 is 22.6 Å². The molecule has 0 aromatic heterocycles. The maximum Gasteiger partial charge on any atom is 0.146 e. The Hall–Kier alpha value is -0.550. The maximum absolute atomic E-state index is 5.96. The molecule has 3 heteroatoms. The van der Waals surface area contributed by atoms with E-state index in [9.17, 15) is 0 Å². The number of likely N-dealkylation sites (tertiary alicyclic amines) is 1. The van der Waals surface area contributed by atoms with Crippen LogP contribution in [0.15, 0.2) is 48.7 Å². The molecule has 0 aromatic carbocycles. The predicted molar refractivity (Wildman–Crippen MR) is 121 cm³/mol. The van der Waals surface area contributed by atoms with Gasteiger partial charge in [0.1, 0.15) is 5.72 Å². The normalized spacial score (nSPS) is 33.5. The largest absolute Gasteiger partial charge is 0.358 e. The first kappa shape index (κ1) is 24.5. The fraction of sp³-hybridized carbons (Fsp3) is 0.636. The van der Waals surface area contributed by atoms with Gasteiger partial charge in [-0.15, -0.1) is 13.2 Å². The number of rotatable bonds is 1. The Balaban J connectivity index is 0.00000134. The quantitative estimate of drug-likeness (QED) is 0.249. The van der Waals surface area contributed by atoms with Crippen LogP contribution in [0.4, 0.5) is 0 Å². The first-order valence-electron chi connectivity index (χ1n) is 8.70. The van der Waals surface area contributed by atoms with Gasteiger partial charge in [-0.1, -0.05) is 88.4 Å². The molecular formula is C22H38INO. The van der Waals surface area contributed by atoms with E-state index < -0.39 is 0 Å². The van der Waals surface area contributed by atoms with Crippen molar-refractivity contribution in [3.63, 3.8) is 0 Å². The zero-order chi connectivity index (χ0) is 20.3. The van der Waals surface area contributed by atoms with Crippen LogP contribution in [0.3, 0.4) is 0 Å². The van der Waals surface area contributed by atoms with Crippen molar-refractivity contribution in [2.24, 2.45) is 16.2 Å². The van der Waals surface area contributed by atoms with Crippen molar-refractivity contribution in [2.45, 2.75) is 54.2 Å². The average Bonchev–Trinajstić information content (AvgIpc) is 2.69. The van der Waals surface area contributed by atoms with E-state index in [4.69, 9.17) is 4.74 Å². The molecule has 2 nitrogen and oxygen atoms in total. The van der Waals surface area contributed by atoms with Gasteiger partial charge in [0.15, 0.2) is 0 Å². The van der Waals surface area contributed by atoms with E-state index >= 15 is 0 Å². The Bertz CT molecular complexity index is 554. The van der Waals surface area contributed by atoms with Gasteiger partial charge < -0.3 is 9.64 Å². The number of fused-ring (bicyclic) bond motifs is 1. The first-order valence-corrected chi connectivity index (χ1v) is 10.9. The fourth-order valence-corrected chi connectivity index (χ4v) is 3.47. The molecule has 1 fully saturated rings. The smallest absolute Gasteiger partial charge is 0.146 e. The Morgan fingerprint density at radius 1 is 0.880 bits per heavy atom. The molecular weight excluding hydrogens is 421 g/mol. The second-order valence-corrected chi connectivity index (χ2v) is 8.43. The minimum atomic E-state index is -0.332. The van der Waals surface area contributed by atoms with Gasteiger partial charge >= 0.3 is 0 Å². The lowest BCUT2D eigenvalue weighted by Gasteiger charge is -2.41. The molecule has 0 saturated carbocycles. The lowest BCUT2D eigenvalue weighted by molar-refractivity contribution is -0.134. The standard InChI is InChI=1S/C19H31NO.C2H4.CH3I/c1-16(2)10-11-17(3,4)13-15-14(12-16)18(5,6)19(7,21-9)20(15)8;2*1-2/h10-13H,1-9H3;1-2H2;1H3/b11-10-,14-12+,15-13+;;. The highest BCUT2D eigenvalue weighted by molar-refractivity contribution is 14.1. The molecule has 1 aliphatic carbocycles. The van der Waals surface area contributed by atoms with Crippen molar-refractivity contribution < 1.29 is 4.74 Å². The number of hydrogen-bond acceptors (Lipinski definition) is 2. The third-order valence-electron chi connectivity index (χ3n) is 5.48. The van der Waals surface area contributed by atoms with Crippen LogP contribution in [-0.2, 0) is 4.74 Å². The number of halogens is 1. The highest BCUT2D eigenvalue weighted by Gasteiger charge is 2.55. The van der Waals surface area contributed by atoms with Gasteiger partial charge in [-0.3, -0.25) is 0 Å². The Morgan fingerprint density at radius 2 is 1.28 bits per heavy atom. The van der Waals surface area contributed by atoms with Gasteiger partial charge in [-0.2, -0.15) is 0 Å². The molecule has 0 bridgehead atoms. The van der Waals surface area contributed by atoms with Crippen LogP contribution in [0, 0.1) is 16.2 Å². The van der Waals surface area contributed by atoms with Gasteiger partial charge in [0.25, 0.3) is 0 Å². The summed E-state index contributed by atoms with van der Waals surface area (Å²) in [7, 11) is 3.96. The summed E-state index contributed by atoms with van der Waals surface area (Å²) in [6.07, 6.45) is 9.42. The van der Waals surface area contributed by atoms with E-state index in [1.54, 1.807) is 0 Å². The van der Waals surface area contributed by atoms with E-state index in [2.05, 4.69) is 120 Å². The molecule has 1 unspecified atom stereocenters. The van der Waals surface area contributed by atoms with Crippen LogP contribution in [0.5, 0.6) is 0 Å². The number of alkyl halides is 1. The maximum atomic E-state index is 5.96. The van der Waals surface area contributed by atoms with Crippen molar-refractivity contribution in [3.05, 3.63) is 48.7 Å². The molecule has 0 N–H and O–H groups in total. The number of hydrogen-bond donors (Lipinski definition) is 0. The number of nitrogens with zero attached hydrogens (tertiary/aromatic N) is 1. The highest BCUT2D eigenvalue weighted by Crippen LogP contribution is 2.55. The molecule has 1 heterocycles. The van der Waals surface area contributed by atoms with Crippen LogP contribution in [-0.4, -0.2) is 29.7 Å². The molecule has 2 aliphatic rings. The predicted octanol–water partition coefficient (Wildman–Crippen LogP) is 6.61. The van der Waals surface area contributed by atoms with E-state index in [0.717, 1.165) is 0 Å². The number of likely N-dealkylation sites (N-methyl/N-ethyl adjacent to an activating group) is 1. The fourth-order valence-electron chi connectivity index (χ4n) is 3.47. The van der Waals surface area contributed by atoms with E-state index in [-0.39, 0.29) is 22.0 Å². The summed E-state index contributed by atoms with van der Waals surface area (Å²) in [5.74, 6) is 0. The molecule has 0 amide bonds. The lowest BCUT2D eigenvalue weighted by atomic mass is 9.73. The summed E-state index contributed by atoms with van der Waals surface area (Å²) < 4.78 is 5.96. The van der Waals surface area contributed by atoms with E-state index in [0.29, 0.717) is 0 Å². The summed E-state index contributed by atoms with van der Waals surface area (Å²) in [6.45, 7) is 21.8. The van der Waals surface area contributed by atoms with Gasteiger partial charge in [0, 0.05) is 36.1 Å². The summed E-state index contributed by atoms with van der Waals surface area (Å²) >= 11 is 2.15. The molecule has 0 spiro atoms. The van der Waals surface area contributed by atoms with Crippen molar-refractivity contribution >= 4 is 22.6 Å². The molecule has 0 aromatic rings. The summed E-state index contributed by atoms with van der Waals surface area (Å²) in [5, 5.41) is 0. The Labute approximate surface area is 170 Å². The number of ether oxygens (including phenoxy) is 1. The Kier molecular flexibility index (Phi) is 8.24. The van der Waals surface area contributed by atoms with Gasteiger partial charge in [0.05, 0.1) is 0 Å². The van der Waals surface area contributed by atoms with Crippen LogP contribution < -0.4 is 0 Å². The minimum absolute atomic E-state index is 0.0371. The SMILES string of the molecule is C=C.CI.COC1(C)N(C)C2=C/C(C)(C)/C=C\C(C)(C)/C=C\2C1(C)C. The summed E-state index contributed by atoms with van der Waals surface area (Å²) in [6, 6.07) is 0. The topological polar surface area (TPSA) is 12.5 Å². The second-order valence-electron chi connectivity index (χ2n) is 8.43. The zero-order valence-electron chi connectivity index (χ0n) is 18.0. The van der Waals surface area contributed by atoms with Crippen LogP contribution in [0.2, 0.25) is 0 Å². The molecule has 2 rings (SSSR count). The molecule has 0 radical (unpaired) electrons. The third kappa shape index (κ3) is 4.60. The molecule has 1 atom stereocenters. The first-order chi connectivity index (χ1) is 11.4. The summed E-state index contributed by atoms with van der Waals surface area (Å²) in [4.78, 5) is 4.27. The van der Waals surface area contributed by atoms with Gasteiger partial charge in [-0.25, -0.2) is 0 Å². The van der Waals surface area contributed by atoms with E-state index in [1.165, 1.54) is 11.3 Å². The number of allylic oxidation sites excluding steroid dienone is 5. The van der Waals surface area contributed by atoms with Crippen molar-refractivity contribution in [3.8, 4) is 0 Å². The Morgan fingerprint density at radius 3 is 1.68 bits per heavy atom. The zero-order valence-corrected chi connectivity index (χ0v) is 20.1. The van der Waals surface area contributed by atoms with Gasteiger partial charge in [-0.05, 0) is 17.4 Å². The highest BCUT2D eigenvalue weighted by atomic mass is 127. The third-order valence-corrected chi connectivity index (χ3v) is 5.48. The van der Waals surface area contributed by atoms with E-state index in [1.807, 2.05) is 12.0 Å². The van der Waals surface area contributed by atoms with Crippen molar-refractivity contribution in [1.29, 1.82) is 0 Å². The second kappa shape index (κ2) is 8.43. The lowest BCUT2D eigenvalue weighted by Crippen LogP contribution is -2.49. The molecule has 25 heavy (non-hydrogen) atoms. The molecule has 144 valence electrons. The van der Waals surface area contributed by atoms with Gasteiger partial charge in [0.2, 0.25) is 0 Å². The molecule has 1 saturated heterocycles.